The second kappa shape index (κ2) is 6.02. The number of ketones is 1. The number of hydrogen-bond acceptors (Lipinski definition) is 2. The van der Waals surface area contributed by atoms with E-state index in [4.69, 9.17) is 0 Å². The van der Waals surface area contributed by atoms with E-state index in [9.17, 15) is 4.79 Å². The molecule has 0 heterocycles. The Bertz CT molecular complexity index is 341. The van der Waals surface area contributed by atoms with Crippen LogP contribution in [-0.2, 0) is 0 Å². The minimum Gasteiger partial charge on any atom is -0.388 e. The van der Waals surface area contributed by atoms with Gasteiger partial charge in [-0.25, -0.2) is 0 Å². The predicted octanol–water partition coefficient (Wildman–Crippen LogP) is 2.77. The van der Waals surface area contributed by atoms with Crippen molar-refractivity contribution in [3.8, 4) is 0 Å². The molecule has 1 aromatic rings. The molecule has 1 N–H and O–H groups in total. The van der Waals surface area contributed by atoms with Crippen LogP contribution in [0.1, 0.15) is 30.6 Å². The Hall–Kier alpha value is -1.57. The summed E-state index contributed by atoms with van der Waals surface area (Å²) in [6, 6.07) is 9.30. The van der Waals surface area contributed by atoms with Crippen molar-refractivity contribution in [2.75, 3.05) is 6.54 Å². The molecule has 0 aliphatic rings. The minimum atomic E-state index is 0.0525. The minimum absolute atomic E-state index is 0.0525. The van der Waals surface area contributed by atoms with Crippen LogP contribution in [0, 0.1) is 0 Å². The summed E-state index contributed by atoms with van der Waals surface area (Å²) < 4.78 is 0. The fourth-order valence-corrected chi connectivity index (χ4v) is 1.26. The molecule has 1 aromatic carbocycles. The van der Waals surface area contributed by atoms with Crippen LogP contribution in [0.2, 0.25) is 0 Å². The molecule has 80 valence electrons. The highest BCUT2D eigenvalue weighted by molar-refractivity contribution is 6.04. The molecule has 0 unspecified atom stereocenters. The van der Waals surface area contributed by atoms with Crippen molar-refractivity contribution >= 4 is 5.78 Å². The van der Waals surface area contributed by atoms with Crippen LogP contribution < -0.4 is 5.32 Å². The van der Waals surface area contributed by atoms with Crippen LogP contribution in [-0.4, -0.2) is 12.3 Å². The molecule has 0 aliphatic carbocycles. The molecule has 0 bridgehead atoms. The normalized spacial score (nSPS) is 11.2. The Kier molecular flexibility index (Phi) is 4.61. The van der Waals surface area contributed by atoms with Gasteiger partial charge in [0.05, 0.1) is 0 Å². The molecular weight excluding hydrogens is 186 g/mol. The monoisotopic (exact) mass is 203 g/mol. The largest absolute Gasteiger partial charge is 0.388 e. The number of carbonyl (C=O) groups excluding carboxylic acids is 1. The van der Waals surface area contributed by atoms with Gasteiger partial charge < -0.3 is 5.32 Å². The van der Waals surface area contributed by atoms with Gasteiger partial charge in [0.25, 0.3) is 0 Å². The van der Waals surface area contributed by atoms with E-state index >= 15 is 0 Å². The summed E-state index contributed by atoms with van der Waals surface area (Å²) in [7, 11) is 0. The average Bonchev–Trinajstić information content (AvgIpc) is 2.27. The van der Waals surface area contributed by atoms with Gasteiger partial charge in [0.2, 0.25) is 0 Å². The zero-order valence-electron chi connectivity index (χ0n) is 9.29. The molecule has 0 amide bonds. The van der Waals surface area contributed by atoms with E-state index in [1.165, 1.54) is 0 Å². The van der Waals surface area contributed by atoms with Gasteiger partial charge in [-0.05, 0) is 13.3 Å². The number of allylic oxidation sites excluding steroid dienone is 2. The summed E-state index contributed by atoms with van der Waals surface area (Å²) in [5.74, 6) is 0.0525. The first-order valence-corrected chi connectivity index (χ1v) is 5.25. The maximum Gasteiger partial charge on any atom is 0.187 e. The Balaban J connectivity index is 2.62. The fourth-order valence-electron chi connectivity index (χ4n) is 1.26. The number of benzene rings is 1. The standard InChI is InChI=1S/C13H17NO/c1-3-9-14-11(2)10-13(15)12-7-5-4-6-8-12/h4-8,10,14H,3,9H2,1-2H3. The van der Waals surface area contributed by atoms with Crippen molar-refractivity contribution in [1.29, 1.82) is 0 Å². The van der Waals surface area contributed by atoms with E-state index in [0.717, 1.165) is 24.2 Å². The molecule has 15 heavy (non-hydrogen) atoms. The highest BCUT2D eigenvalue weighted by atomic mass is 16.1. The van der Waals surface area contributed by atoms with Crippen LogP contribution in [0.3, 0.4) is 0 Å². The zero-order chi connectivity index (χ0) is 11.1. The van der Waals surface area contributed by atoms with Crippen LogP contribution in [0.5, 0.6) is 0 Å². The Morgan fingerprint density at radius 1 is 1.33 bits per heavy atom. The summed E-state index contributed by atoms with van der Waals surface area (Å²) in [6.45, 7) is 4.92. The number of carbonyl (C=O) groups is 1. The van der Waals surface area contributed by atoms with Gasteiger partial charge in [0, 0.05) is 23.9 Å². The van der Waals surface area contributed by atoms with Crippen molar-refractivity contribution in [3.63, 3.8) is 0 Å². The molecule has 0 saturated carbocycles. The smallest absolute Gasteiger partial charge is 0.187 e. The van der Waals surface area contributed by atoms with Crippen molar-refractivity contribution in [2.24, 2.45) is 0 Å². The maximum absolute atomic E-state index is 11.7. The van der Waals surface area contributed by atoms with Crippen molar-refractivity contribution in [3.05, 3.63) is 47.7 Å². The Morgan fingerprint density at radius 2 is 2.00 bits per heavy atom. The van der Waals surface area contributed by atoms with E-state index in [0.29, 0.717) is 0 Å². The van der Waals surface area contributed by atoms with Gasteiger partial charge in [-0.1, -0.05) is 37.3 Å². The van der Waals surface area contributed by atoms with Crippen molar-refractivity contribution in [2.45, 2.75) is 20.3 Å². The van der Waals surface area contributed by atoms with E-state index in [1.54, 1.807) is 6.08 Å². The van der Waals surface area contributed by atoms with Gasteiger partial charge in [-0.15, -0.1) is 0 Å². The summed E-state index contributed by atoms with van der Waals surface area (Å²) >= 11 is 0. The van der Waals surface area contributed by atoms with Gasteiger partial charge in [-0.3, -0.25) is 4.79 Å². The third-order valence-corrected chi connectivity index (χ3v) is 2.06. The van der Waals surface area contributed by atoms with Crippen LogP contribution in [0.4, 0.5) is 0 Å². The fraction of sp³-hybridized carbons (Fsp3) is 0.308. The van der Waals surface area contributed by atoms with Crippen molar-refractivity contribution < 1.29 is 4.79 Å². The summed E-state index contributed by atoms with van der Waals surface area (Å²) in [5, 5.41) is 3.17. The van der Waals surface area contributed by atoms with E-state index in [-0.39, 0.29) is 5.78 Å². The lowest BCUT2D eigenvalue weighted by atomic mass is 10.1. The lowest BCUT2D eigenvalue weighted by molar-refractivity contribution is 0.104. The number of hydrogen-bond donors (Lipinski definition) is 1. The second-order valence-corrected chi connectivity index (χ2v) is 3.48. The van der Waals surface area contributed by atoms with Crippen molar-refractivity contribution in [1.82, 2.24) is 5.32 Å². The number of nitrogens with one attached hydrogen (secondary N) is 1. The highest BCUT2D eigenvalue weighted by Gasteiger charge is 2.00. The number of rotatable bonds is 5. The SMILES string of the molecule is CCCNC(C)=CC(=O)c1ccccc1. The Morgan fingerprint density at radius 3 is 2.60 bits per heavy atom. The first-order valence-electron chi connectivity index (χ1n) is 5.25. The third-order valence-electron chi connectivity index (χ3n) is 2.06. The maximum atomic E-state index is 11.7. The lowest BCUT2D eigenvalue weighted by Gasteiger charge is -2.03. The van der Waals surface area contributed by atoms with Gasteiger partial charge in [0.1, 0.15) is 0 Å². The van der Waals surface area contributed by atoms with Gasteiger partial charge in [0.15, 0.2) is 5.78 Å². The summed E-state index contributed by atoms with van der Waals surface area (Å²) in [5.41, 5.74) is 1.65. The average molecular weight is 203 g/mol. The second-order valence-electron chi connectivity index (χ2n) is 3.48. The lowest BCUT2D eigenvalue weighted by Crippen LogP contribution is -2.13. The molecule has 0 saturated heterocycles. The molecule has 0 radical (unpaired) electrons. The molecular formula is C13H17NO. The van der Waals surface area contributed by atoms with Crippen LogP contribution >= 0.6 is 0 Å². The summed E-state index contributed by atoms with van der Waals surface area (Å²) in [4.78, 5) is 11.7. The highest BCUT2D eigenvalue weighted by Crippen LogP contribution is 2.02. The molecule has 0 aliphatic heterocycles. The van der Waals surface area contributed by atoms with Crippen LogP contribution in [0.25, 0.3) is 0 Å². The zero-order valence-corrected chi connectivity index (χ0v) is 9.29. The topological polar surface area (TPSA) is 29.1 Å². The van der Waals surface area contributed by atoms with E-state index in [2.05, 4.69) is 12.2 Å². The van der Waals surface area contributed by atoms with E-state index in [1.807, 2.05) is 37.3 Å². The summed E-state index contributed by atoms with van der Waals surface area (Å²) in [6.07, 6.45) is 2.70. The molecule has 0 aromatic heterocycles. The predicted molar refractivity (Wildman–Crippen MR) is 62.8 cm³/mol. The van der Waals surface area contributed by atoms with Crippen LogP contribution in [0.15, 0.2) is 42.1 Å². The Labute approximate surface area is 91.0 Å². The molecule has 0 spiro atoms. The van der Waals surface area contributed by atoms with E-state index < -0.39 is 0 Å². The van der Waals surface area contributed by atoms with Gasteiger partial charge in [-0.2, -0.15) is 0 Å². The van der Waals surface area contributed by atoms with Gasteiger partial charge >= 0.3 is 0 Å². The molecule has 0 atom stereocenters. The quantitative estimate of drug-likeness (QED) is 0.589. The third kappa shape index (κ3) is 3.98. The first-order chi connectivity index (χ1) is 7.24. The first kappa shape index (κ1) is 11.5. The molecule has 0 fully saturated rings. The molecule has 2 nitrogen and oxygen atoms in total. The molecule has 2 heteroatoms. The molecule has 1 rings (SSSR count).